The summed E-state index contributed by atoms with van der Waals surface area (Å²) < 4.78 is 13.4. The van der Waals surface area contributed by atoms with Crippen molar-refractivity contribution in [2.24, 2.45) is 0 Å². The second-order valence-electron chi connectivity index (χ2n) is 4.49. The number of benzene rings is 2. The van der Waals surface area contributed by atoms with Crippen LogP contribution >= 0.6 is 0 Å². The van der Waals surface area contributed by atoms with Crippen molar-refractivity contribution in [2.75, 3.05) is 12.8 Å². The van der Waals surface area contributed by atoms with Crippen LogP contribution in [-0.2, 0) is 6.54 Å². The van der Waals surface area contributed by atoms with E-state index in [-0.39, 0.29) is 23.5 Å². The number of anilines is 1. The Morgan fingerprint density at radius 1 is 1.25 bits per heavy atom. The van der Waals surface area contributed by atoms with Crippen molar-refractivity contribution in [2.45, 2.75) is 6.54 Å². The number of carbonyl (C=O) groups is 1. The zero-order valence-electron chi connectivity index (χ0n) is 11.0. The molecule has 1 amide bonds. The summed E-state index contributed by atoms with van der Waals surface area (Å²) in [5, 5.41) is 9.69. The molecule has 0 aliphatic carbocycles. The second-order valence-corrected chi connectivity index (χ2v) is 4.49. The van der Waals surface area contributed by atoms with Gasteiger partial charge in [0.15, 0.2) is 0 Å². The molecule has 2 rings (SSSR count). The third-order valence-electron chi connectivity index (χ3n) is 3.03. The maximum Gasteiger partial charge on any atom is 0.256 e. The molecule has 0 fully saturated rings. The number of nitrogens with two attached hydrogens (primary N) is 1. The van der Waals surface area contributed by atoms with Crippen LogP contribution in [0, 0.1) is 5.82 Å². The Labute approximate surface area is 116 Å². The number of carbonyl (C=O) groups excluding carboxylic acids is 1. The van der Waals surface area contributed by atoms with E-state index in [1.54, 1.807) is 31.3 Å². The van der Waals surface area contributed by atoms with E-state index < -0.39 is 11.7 Å². The first-order chi connectivity index (χ1) is 9.50. The monoisotopic (exact) mass is 274 g/mol. The highest BCUT2D eigenvalue weighted by atomic mass is 19.1. The summed E-state index contributed by atoms with van der Waals surface area (Å²) in [7, 11) is 1.57. The Hall–Kier alpha value is -2.56. The molecule has 0 aliphatic rings. The molecule has 0 aromatic heterocycles. The highest BCUT2D eigenvalue weighted by Crippen LogP contribution is 2.21. The molecule has 5 heteroatoms. The van der Waals surface area contributed by atoms with E-state index in [1.807, 2.05) is 0 Å². The molecule has 4 nitrogen and oxygen atoms in total. The van der Waals surface area contributed by atoms with E-state index in [9.17, 15) is 14.3 Å². The van der Waals surface area contributed by atoms with Gasteiger partial charge >= 0.3 is 0 Å². The molecule has 0 bridgehead atoms. The number of rotatable bonds is 3. The quantitative estimate of drug-likeness (QED) is 0.844. The number of phenols is 1. The molecule has 0 unspecified atom stereocenters. The van der Waals surface area contributed by atoms with Crippen LogP contribution in [0.25, 0.3) is 0 Å². The molecule has 2 aromatic rings. The summed E-state index contributed by atoms with van der Waals surface area (Å²) in [4.78, 5) is 13.6. The van der Waals surface area contributed by atoms with Crippen LogP contribution in [0.15, 0.2) is 42.5 Å². The van der Waals surface area contributed by atoms with Crippen LogP contribution in [0.5, 0.6) is 5.75 Å². The lowest BCUT2D eigenvalue weighted by Crippen LogP contribution is -2.27. The number of aromatic hydroxyl groups is 1. The maximum atomic E-state index is 13.4. The van der Waals surface area contributed by atoms with E-state index in [0.29, 0.717) is 5.56 Å². The Kier molecular flexibility index (Phi) is 3.89. The molecule has 104 valence electrons. The predicted molar refractivity (Wildman–Crippen MR) is 74.7 cm³/mol. The zero-order valence-corrected chi connectivity index (χ0v) is 11.0. The average Bonchev–Trinajstić information content (AvgIpc) is 2.43. The van der Waals surface area contributed by atoms with Gasteiger partial charge < -0.3 is 15.7 Å². The van der Waals surface area contributed by atoms with Crippen molar-refractivity contribution in [3.8, 4) is 5.75 Å². The summed E-state index contributed by atoms with van der Waals surface area (Å²) in [6.45, 7) is 0.210. The highest BCUT2D eigenvalue weighted by Gasteiger charge is 2.17. The van der Waals surface area contributed by atoms with Crippen molar-refractivity contribution in [3.63, 3.8) is 0 Å². The van der Waals surface area contributed by atoms with Crippen molar-refractivity contribution in [1.82, 2.24) is 4.90 Å². The summed E-state index contributed by atoms with van der Waals surface area (Å²) in [6, 6.07) is 10.8. The van der Waals surface area contributed by atoms with Crippen LogP contribution in [0.4, 0.5) is 10.1 Å². The second kappa shape index (κ2) is 5.61. The first-order valence-corrected chi connectivity index (χ1v) is 6.07. The van der Waals surface area contributed by atoms with Gasteiger partial charge in [-0.15, -0.1) is 0 Å². The van der Waals surface area contributed by atoms with Gasteiger partial charge in [0.2, 0.25) is 0 Å². The number of hydrogen-bond acceptors (Lipinski definition) is 3. The normalized spacial score (nSPS) is 10.3. The molecule has 0 radical (unpaired) electrons. The minimum atomic E-state index is -0.619. The van der Waals surface area contributed by atoms with Crippen LogP contribution in [-0.4, -0.2) is 23.0 Å². The fraction of sp³-hybridized carbons (Fsp3) is 0.133. The topological polar surface area (TPSA) is 66.6 Å². The van der Waals surface area contributed by atoms with Gasteiger partial charge in [-0.2, -0.15) is 0 Å². The Balaban J connectivity index is 2.21. The van der Waals surface area contributed by atoms with E-state index in [2.05, 4.69) is 0 Å². The molecule has 2 aromatic carbocycles. The van der Waals surface area contributed by atoms with Gasteiger partial charge in [-0.25, -0.2) is 4.39 Å². The summed E-state index contributed by atoms with van der Waals surface area (Å²) in [5.74, 6) is -0.906. The highest BCUT2D eigenvalue weighted by molar-refractivity contribution is 5.99. The molecule has 0 heterocycles. The van der Waals surface area contributed by atoms with E-state index >= 15 is 0 Å². The molecule has 0 atom stereocenters. The van der Waals surface area contributed by atoms with Gasteiger partial charge in [0.1, 0.15) is 11.6 Å². The van der Waals surface area contributed by atoms with Gasteiger partial charge in [0.05, 0.1) is 11.3 Å². The Bertz CT molecular complexity index is 644. The van der Waals surface area contributed by atoms with Gasteiger partial charge in [-0.1, -0.05) is 24.3 Å². The van der Waals surface area contributed by atoms with E-state index in [0.717, 1.165) is 0 Å². The first-order valence-electron chi connectivity index (χ1n) is 6.07. The largest absolute Gasteiger partial charge is 0.508 e. The van der Waals surface area contributed by atoms with Crippen molar-refractivity contribution in [3.05, 3.63) is 59.4 Å². The lowest BCUT2D eigenvalue weighted by Gasteiger charge is -2.19. The zero-order chi connectivity index (χ0) is 14.7. The van der Waals surface area contributed by atoms with Gasteiger partial charge in [-0.3, -0.25) is 4.79 Å². The van der Waals surface area contributed by atoms with E-state index in [1.165, 1.54) is 23.1 Å². The van der Waals surface area contributed by atoms with Crippen molar-refractivity contribution < 1.29 is 14.3 Å². The molecular formula is C15H15FN2O2. The van der Waals surface area contributed by atoms with Crippen molar-refractivity contribution >= 4 is 11.6 Å². The van der Waals surface area contributed by atoms with Crippen molar-refractivity contribution in [1.29, 1.82) is 0 Å². The molecule has 0 saturated carbocycles. The van der Waals surface area contributed by atoms with E-state index in [4.69, 9.17) is 5.73 Å². The number of nitrogens with zero attached hydrogens (tertiary/aromatic N) is 1. The van der Waals surface area contributed by atoms with Gasteiger partial charge in [0.25, 0.3) is 5.91 Å². The standard InChI is InChI=1S/C15H15FN2O2/c1-18(9-10-5-2-3-8-13(10)19)15(20)11-6-4-7-12(16)14(11)17/h2-8,19H,9,17H2,1H3. The van der Waals surface area contributed by atoms with Gasteiger partial charge in [-0.05, 0) is 18.2 Å². The molecule has 0 aliphatic heterocycles. The Morgan fingerprint density at radius 2 is 1.95 bits per heavy atom. The predicted octanol–water partition coefficient (Wildman–Crippen LogP) is 2.39. The number of halogens is 1. The number of hydrogen-bond donors (Lipinski definition) is 2. The lowest BCUT2D eigenvalue weighted by molar-refractivity contribution is 0.0785. The third kappa shape index (κ3) is 2.71. The fourth-order valence-electron chi connectivity index (χ4n) is 1.90. The Morgan fingerprint density at radius 3 is 2.65 bits per heavy atom. The molecule has 20 heavy (non-hydrogen) atoms. The molecule has 0 spiro atoms. The average molecular weight is 274 g/mol. The minimum absolute atomic E-state index is 0.111. The summed E-state index contributed by atoms with van der Waals surface area (Å²) in [6.07, 6.45) is 0. The van der Waals surface area contributed by atoms with Crippen LogP contribution in [0.1, 0.15) is 15.9 Å². The van der Waals surface area contributed by atoms with Gasteiger partial charge in [0, 0.05) is 19.2 Å². The lowest BCUT2D eigenvalue weighted by atomic mass is 10.1. The third-order valence-corrected chi connectivity index (χ3v) is 3.03. The molecule has 0 saturated heterocycles. The minimum Gasteiger partial charge on any atom is -0.508 e. The SMILES string of the molecule is CN(Cc1ccccc1O)C(=O)c1cccc(F)c1N. The first kappa shape index (κ1) is 13.9. The smallest absolute Gasteiger partial charge is 0.256 e. The van der Waals surface area contributed by atoms with Crippen LogP contribution in [0.3, 0.4) is 0 Å². The number of para-hydroxylation sites is 2. The maximum absolute atomic E-state index is 13.4. The molecular weight excluding hydrogens is 259 g/mol. The number of nitrogen functional groups attached to an aromatic ring is 1. The number of amides is 1. The van der Waals surface area contributed by atoms with Crippen LogP contribution < -0.4 is 5.73 Å². The summed E-state index contributed by atoms with van der Waals surface area (Å²) >= 11 is 0. The van der Waals surface area contributed by atoms with Crippen LogP contribution in [0.2, 0.25) is 0 Å². The molecule has 3 N–H and O–H groups in total. The summed E-state index contributed by atoms with van der Waals surface area (Å²) in [5.41, 5.74) is 6.13. The fourth-order valence-corrected chi connectivity index (χ4v) is 1.90. The number of phenolic OH excluding ortho intramolecular Hbond substituents is 1.